The molecule has 0 radical (unpaired) electrons. The first-order valence-electron chi connectivity index (χ1n) is 10.2. The van der Waals surface area contributed by atoms with E-state index in [2.05, 4.69) is 14.3 Å². The maximum atomic E-state index is 11.5. The predicted molar refractivity (Wildman–Crippen MR) is 128 cm³/mol. The number of sulfonamides is 2. The van der Waals surface area contributed by atoms with Crippen molar-refractivity contribution in [3.63, 3.8) is 0 Å². The van der Waals surface area contributed by atoms with Gasteiger partial charge in [0.1, 0.15) is 0 Å². The van der Waals surface area contributed by atoms with Crippen LogP contribution in [0, 0.1) is 0 Å². The highest BCUT2D eigenvalue weighted by molar-refractivity contribution is 7.92. The normalized spacial score (nSPS) is 15.2. The van der Waals surface area contributed by atoms with E-state index in [1.54, 1.807) is 12.1 Å². The molecule has 8 nitrogen and oxygen atoms in total. The van der Waals surface area contributed by atoms with E-state index in [-0.39, 0.29) is 0 Å². The van der Waals surface area contributed by atoms with Gasteiger partial charge in [-0.25, -0.2) is 16.8 Å². The predicted octanol–water partition coefficient (Wildman–Crippen LogP) is 2.58. The zero-order valence-electron chi connectivity index (χ0n) is 18.0. The first-order chi connectivity index (χ1) is 15.0. The Hall–Kier alpha value is -2.69. The van der Waals surface area contributed by atoms with Crippen molar-refractivity contribution in [3.8, 4) is 0 Å². The highest BCUT2D eigenvalue weighted by Crippen LogP contribution is 2.23. The Bertz CT molecular complexity index is 1370. The number of nitrogens with one attached hydrogen (secondary N) is 2. The summed E-state index contributed by atoms with van der Waals surface area (Å²) in [5, 5.41) is 0.872. The summed E-state index contributed by atoms with van der Waals surface area (Å²) in [4.78, 5) is 7.09. The van der Waals surface area contributed by atoms with Gasteiger partial charge in [-0.3, -0.25) is 19.3 Å². The maximum absolute atomic E-state index is 11.5. The van der Waals surface area contributed by atoms with Crippen molar-refractivity contribution in [2.45, 2.75) is 19.4 Å². The van der Waals surface area contributed by atoms with Gasteiger partial charge in [-0.05, 0) is 60.4 Å². The Morgan fingerprint density at radius 3 is 2.12 bits per heavy atom. The smallest absolute Gasteiger partial charge is 0.229 e. The van der Waals surface area contributed by atoms with Crippen LogP contribution in [0.3, 0.4) is 0 Å². The first-order valence-corrected chi connectivity index (χ1v) is 14.0. The molecule has 0 spiro atoms. The molecule has 0 saturated heterocycles. The van der Waals surface area contributed by atoms with Crippen LogP contribution in [0.4, 0.5) is 11.4 Å². The number of fused-ring (bicyclic) bond motifs is 2. The van der Waals surface area contributed by atoms with Crippen molar-refractivity contribution in [2.75, 3.05) is 35.0 Å². The fourth-order valence-electron chi connectivity index (χ4n) is 3.97. The molecule has 0 atom stereocenters. The van der Waals surface area contributed by atoms with Gasteiger partial charge in [0.2, 0.25) is 20.0 Å². The molecule has 0 aliphatic carbocycles. The molecule has 0 saturated carbocycles. The molecule has 1 aliphatic heterocycles. The molecule has 1 aromatic heterocycles. The zero-order valence-corrected chi connectivity index (χ0v) is 19.6. The van der Waals surface area contributed by atoms with Crippen LogP contribution in [0.25, 0.3) is 10.9 Å². The lowest BCUT2D eigenvalue weighted by atomic mass is 10.0. The minimum atomic E-state index is -3.32. The minimum absolute atomic E-state index is 0.518. The van der Waals surface area contributed by atoms with E-state index in [0.29, 0.717) is 17.9 Å². The molecule has 32 heavy (non-hydrogen) atoms. The van der Waals surface area contributed by atoms with Crippen molar-refractivity contribution in [3.05, 3.63) is 65.4 Å². The lowest BCUT2D eigenvalue weighted by Crippen LogP contribution is -2.26. The van der Waals surface area contributed by atoms with E-state index >= 15 is 0 Å². The van der Waals surface area contributed by atoms with Gasteiger partial charge < -0.3 is 0 Å². The lowest BCUT2D eigenvalue weighted by Gasteiger charge is -2.19. The minimum Gasteiger partial charge on any atom is -0.297 e. The van der Waals surface area contributed by atoms with Gasteiger partial charge in [-0.1, -0.05) is 12.1 Å². The monoisotopic (exact) mass is 474 g/mol. The molecule has 0 amide bonds. The van der Waals surface area contributed by atoms with Gasteiger partial charge >= 0.3 is 0 Å². The van der Waals surface area contributed by atoms with E-state index in [1.807, 2.05) is 36.4 Å². The number of pyridine rings is 1. The third-order valence-electron chi connectivity index (χ3n) is 5.34. The summed E-state index contributed by atoms with van der Waals surface area (Å²) < 4.78 is 50.9. The van der Waals surface area contributed by atoms with Crippen LogP contribution in [-0.2, 0) is 39.4 Å². The number of nitrogens with zero attached hydrogens (tertiary/aromatic N) is 2. The summed E-state index contributed by atoms with van der Waals surface area (Å²) in [6, 6.07) is 15.0. The molecule has 10 heteroatoms. The van der Waals surface area contributed by atoms with E-state index < -0.39 is 20.0 Å². The van der Waals surface area contributed by atoms with E-state index in [0.717, 1.165) is 55.0 Å². The second-order valence-corrected chi connectivity index (χ2v) is 11.7. The molecule has 4 rings (SSSR count). The third-order valence-corrected chi connectivity index (χ3v) is 6.55. The van der Waals surface area contributed by atoms with Gasteiger partial charge in [-0.15, -0.1) is 0 Å². The Morgan fingerprint density at radius 2 is 1.44 bits per heavy atom. The lowest BCUT2D eigenvalue weighted by molar-refractivity contribution is 0.276. The molecule has 1 aliphatic rings. The second-order valence-electron chi connectivity index (χ2n) is 8.22. The molecular formula is C22H26N4O4S2. The summed E-state index contributed by atoms with van der Waals surface area (Å²) in [6.07, 6.45) is 4.01. The average molecular weight is 475 g/mol. The maximum Gasteiger partial charge on any atom is 0.229 e. The Balaban J connectivity index is 1.45. The molecule has 0 fully saturated rings. The molecule has 2 heterocycles. The van der Waals surface area contributed by atoms with Gasteiger partial charge in [-0.2, -0.15) is 0 Å². The standard InChI is InChI=1S/C22H26N4O4S2/c1-31(27,28)24-19-5-3-16-9-11-26(12-10-17(16)13-19)15-21-6-4-18-14-20(25-32(2,29)30)7-8-22(18)23-21/h3-8,13-14,24-25H,9-12,15H2,1-2H3. The van der Waals surface area contributed by atoms with Crippen molar-refractivity contribution in [2.24, 2.45) is 0 Å². The fourth-order valence-corrected chi connectivity index (χ4v) is 5.08. The summed E-state index contributed by atoms with van der Waals surface area (Å²) in [5.74, 6) is 0. The van der Waals surface area contributed by atoms with Crippen LogP contribution in [0.2, 0.25) is 0 Å². The van der Waals surface area contributed by atoms with Crippen molar-refractivity contribution >= 4 is 42.3 Å². The van der Waals surface area contributed by atoms with E-state index in [4.69, 9.17) is 4.98 Å². The van der Waals surface area contributed by atoms with Crippen LogP contribution >= 0.6 is 0 Å². The number of hydrogen-bond donors (Lipinski definition) is 2. The molecule has 0 unspecified atom stereocenters. The number of aromatic nitrogens is 1. The number of hydrogen-bond acceptors (Lipinski definition) is 6. The van der Waals surface area contributed by atoms with Crippen molar-refractivity contribution in [1.82, 2.24) is 9.88 Å². The summed E-state index contributed by atoms with van der Waals surface area (Å²) in [5.41, 5.74) is 5.29. The highest BCUT2D eigenvalue weighted by Gasteiger charge is 2.16. The Labute approximate surface area is 188 Å². The molecule has 0 bridgehead atoms. The SMILES string of the molecule is CS(=O)(=O)Nc1ccc2c(c1)CCN(Cc1ccc3cc(NS(C)(=O)=O)ccc3n1)CC2. The number of benzene rings is 2. The molecular weight excluding hydrogens is 448 g/mol. The zero-order chi connectivity index (χ0) is 22.9. The highest BCUT2D eigenvalue weighted by atomic mass is 32.2. The largest absolute Gasteiger partial charge is 0.297 e. The fraction of sp³-hybridized carbons (Fsp3) is 0.318. The van der Waals surface area contributed by atoms with Gasteiger partial charge in [0, 0.05) is 36.4 Å². The van der Waals surface area contributed by atoms with Crippen LogP contribution in [0.5, 0.6) is 0 Å². The molecule has 170 valence electrons. The second kappa shape index (κ2) is 8.68. The molecule has 2 N–H and O–H groups in total. The van der Waals surface area contributed by atoms with Crippen molar-refractivity contribution in [1.29, 1.82) is 0 Å². The summed E-state index contributed by atoms with van der Waals surface area (Å²) in [6.45, 7) is 2.46. The quantitative estimate of drug-likeness (QED) is 0.569. The first kappa shape index (κ1) is 22.5. The van der Waals surface area contributed by atoms with Crippen LogP contribution in [0.15, 0.2) is 48.5 Å². The summed E-state index contributed by atoms with van der Waals surface area (Å²) in [7, 11) is -6.62. The van der Waals surface area contributed by atoms with E-state index in [1.165, 1.54) is 11.1 Å². The summed E-state index contributed by atoms with van der Waals surface area (Å²) >= 11 is 0. The van der Waals surface area contributed by atoms with Crippen molar-refractivity contribution < 1.29 is 16.8 Å². The van der Waals surface area contributed by atoms with Gasteiger partial charge in [0.15, 0.2) is 0 Å². The number of anilines is 2. The van der Waals surface area contributed by atoms with Gasteiger partial charge in [0.25, 0.3) is 0 Å². The Morgan fingerprint density at radius 1 is 0.812 bits per heavy atom. The van der Waals surface area contributed by atoms with Crippen LogP contribution < -0.4 is 9.44 Å². The molecule has 3 aromatic rings. The molecule has 2 aromatic carbocycles. The Kier molecular flexibility index (Phi) is 6.11. The van der Waals surface area contributed by atoms with E-state index in [9.17, 15) is 16.8 Å². The van der Waals surface area contributed by atoms with Crippen LogP contribution in [-0.4, -0.2) is 52.3 Å². The topological polar surface area (TPSA) is 108 Å². The van der Waals surface area contributed by atoms with Gasteiger partial charge in [0.05, 0.1) is 23.7 Å². The third kappa shape index (κ3) is 5.96. The number of rotatable bonds is 6. The average Bonchev–Trinajstić information content (AvgIpc) is 2.88. The van der Waals surface area contributed by atoms with Crippen LogP contribution in [0.1, 0.15) is 16.8 Å².